The molecule has 0 fully saturated rings. The summed E-state index contributed by atoms with van der Waals surface area (Å²) in [5.41, 5.74) is 10.8. The average Bonchev–Trinajstić information content (AvgIpc) is 3.19. The Hall–Kier alpha value is -3.78. The van der Waals surface area contributed by atoms with Crippen LogP contribution in [0.4, 0.5) is 11.5 Å². The lowest BCUT2D eigenvalue weighted by Crippen LogP contribution is -2.06. The van der Waals surface area contributed by atoms with E-state index >= 15 is 0 Å². The number of hydrogen-bond donors (Lipinski definition) is 2. The Labute approximate surface area is 177 Å². The van der Waals surface area contributed by atoms with Gasteiger partial charge in [0.05, 0.1) is 11.3 Å². The molecule has 4 aromatic rings. The van der Waals surface area contributed by atoms with Crippen LogP contribution in [0, 0.1) is 6.92 Å². The minimum absolute atomic E-state index is 0.140. The number of halogens is 1. The molecule has 9 heteroatoms. The van der Waals surface area contributed by atoms with Gasteiger partial charge in [0.1, 0.15) is 5.82 Å². The Kier molecular flexibility index (Phi) is 5.16. The van der Waals surface area contributed by atoms with Crippen LogP contribution in [0.2, 0.25) is 5.02 Å². The maximum absolute atomic E-state index is 11.4. The van der Waals surface area contributed by atoms with Gasteiger partial charge in [0, 0.05) is 29.4 Å². The van der Waals surface area contributed by atoms with Crippen molar-refractivity contribution in [2.75, 3.05) is 11.1 Å². The minimum Gasteiger partial charge on any atom is -0.383 e. The number of carbonyl (C=O) groups excluding carboxylic acids is 1. The molecule has 2 aromatic heterocycles. The highest BCUT2D eigenvalue weighted by Crippen LogP contribution is 2.31. The fourth-order valence-electron chi connectivity index (χ4n) is 3.12. The number of amides is 1. The number of nitrogens with one attached hydrogen (secondary N) is 1. The summed E-state index contributed by atoms with van der Waals surface area (Å²) in [6, 6.07) is 14.8. The number of aromatic nitrogens is 5. The van der Waals surface area contributed by atoms with Crippen molar-refractivity contribution in [2.24, 2.45) is 0 Å². The Balaban J connectivity index is 1.81. The molecule has 0 saturated carbocycles. The third kappa shape index (κ3) is 3.85. The number of carbonyl (C=O) groups is 1. The van der Waals surface area contributed by atoms with Crippen molar-refractivity contribution in [3.8, 4) is 28.2 Å². The van der Waals surface area contributed by atoms with Crippen LogP contribution in [-0.2, 0) is 4.79 Å². The number of rotatable bonds is 4. The number of nitrogens with zero attached hydrogens (tertiary/aromatic N) is 5. The number of tetrazole rings is 1. The molecule has 2 aromatic carbocycles. The van der Waals surface area contributed by atoms with Crippen LogP contribution < -0.4 is 11.1 Å². The summed E-state index contributed by atoms with van der Waals surface area (Å²) in [7, 11) is 0. The summed E-state index contributed by atoms with van der Waals surface area (Å²) in [6.45, 7) is 3.41. The molecule has 3 N–H and O–H groups in total. The molecule has 1 amide bonds. The molecule has 0 bridgehead atoms. The number of aryl methyl sites for hydroxylation is 1. The van der Waals surface area contributed by atoms with Crippen molar-refractivity contribution >= 4 is 29.0 Å². The SMILES string of the molecule is CC(=O)Nc1cccc(-c2cnc(N)c(-c3nnnn3-c3cc(Cl)ccc3C)c2)c1. The first-order valence-electron chi connectivity index (χ1n) is 9.11. The van der Waals surface area contributed by atoms with Crippen LogP contribution in [0.1, 0.15) is 12.5 Å². The summed E-state index contributed by atoms with van der Waals surface area (Å²) < 4.78 is 1.59. The lowest BCUT2D eigenvalue weighted by Gasteiger charge is -2.11. The molecule has 0 spiro atoms. The zero-order valence-electron chi connectivity index (χ0n) is 16.3. The van der Waals surface area contributed by atoms with Gasteiger partial charge >= 0.3 is 0 Å². The number of hydrogen-bond acceptors (Lipinski definition) is 6. The zero-order chi connectivity index (χ0) is 21.3. The van der Waals surface area contributed by atoms with Crippen LogP contribution in [0.5, 0.6) is 0 Å². The van der Waals surface area contributed by atoms with E-state index in [1.54, 1.807) is 16.9 Å². The fraction of sp³-hybridized carbons (Fsp3) is 0.0952. The largest absolute Gasteiger partial charge is 0.383 e. The van der Waals surface area contributed by atoms with Crippen LogP contribution >= 0.6 is 11.6 Å². The van der Waals surface area contributed by atoms with Crippen molar-refractivity contribution in [2.45, 2.75) is 13.8 Å². The Morgan fingerprint density at radius 2 is 1.97 bits per heavy atom. The smallest absolute Gasteiger partial charge is 0.221 e. The van der Waals surface area contributed by atoms with E-state index in [0.717, 1.165) is 22.4 Å². The normalized spacial score (nSPS) is 10.8. The van der Waals surface area contributed by atoms with Gasteiger partial charge in [-0.25, -0.2) is 4.98 Å². The molecule has 0 atom stereocenters. The lowest BCUT2D eigenvalue weighted by molar-refractivity contribution is -0.114. The van der Waals surface area contributed by atoms with Crippen molar-refractivity contribution in [3.05, 3.63) is 65.3 Å². The molecule has 0 saturated heterocycles. The van der Waals surface area contributed by atoms with Crippen molar-refractivity contribution in [1.82, 2.24) is 25.2 Å². The molecule has 4 rings (SSSR count). The first-order chi connectivity index (χ1) is 14.4. The molecule has 8 nitrogen and oxygen atoms in total. The fourth-order valence-corrected chi connectivity index (χ4v) is 3.29. The number of benzene rings is 2. The Morgan fingerprint density at radius 3 is 2.77 bits per heavy atom. The third-order valence-electron chi connectivity index (χ3n) is 4.54. The van der Waals surface area contributed by atoms with Gasteiger partial charge in [0.25, 0.3) is 0 Å². The topological polar surface area (TPSA) is 112 Å². The van der Waals surface area contributed by atoms with E-state index in [1.165, 1.54) is 6.92 Å². The Morgan fingerprint density at radius 1 is 1.13 bits per heavy atom. The van der Waals surface area contributed by atoms with Crippen LogP contribution in [0.3, 0.4) is 0 Å². The van der Waals surface area contributed by atoms with Gasteiger partial charge in [-0.2, -0.15) is 4.68 Å². The molecule has 0 aliphatic heterocycles. The van der Waals surface area contributed by atoms with E-state index in [2.05, 4.69) is 25.8 Å². The van der Waals surface area contributed by atoms with Gasteiger partial charge in [0.15, 0.2) is 5.82 Å². The average molecular weight is 420 g/mol. The van der Waals surface area contributed by atoms with E-state index in [9.17, 15) is 4.79 Å². The summed E-state index contributed by atoms with van der Waals surface area (Å²) in [5.74, 6) is 0.608. The highest BCUT2D eigenvalue weighted by molar-refractivity contribution is 6.30. The van der Waals surface area contributed by atoms with Gasteiger partial charge in [-0.3, -0.25) is 4.79 Å². The van der Waals surface area contributed by atoms with Crippen LogP contribution in [-0.4, -0.2) is 31.1 Å². The standard InChI is InChI=1S/C21H18ClN7O/c1-12-6-7-16(22)10-19(12)29-21(26-27-28-29)18-9-15(11-24-20(18)23)14-4-3-5-17(8-14)25-13(2)30/h3-11H,1-2H3,(H2,23,24)(H,25,30). The molecule has 0 radical (unpaired) electrons. The molecule has 0 aliphatic carbocycles. The second kappa shape index (κ2) is 7.92. The van der Waals surface area contributed by atoms with Gasteiger partial charge < -0.3 is 11.1 Å². The number of nitrogen functional groups attached to an aromatic ring is 1. The molecule has 30 heavy (non-hydrogen) atoms. The van der Waals surface area contributed by atoms with Crippen LogP contribution in [0.25, 0.3) is 28.2 Å². The number of anilines is 2. The summed E-state index contributed by atoms with van der Waals surface area (Å²) in [6.07, 6.45) is 1.67. The maximum Gasteiger partial charge on any atom is 0.221 e. The maximum atomic E-state index is 11.4. The van der Waals surface area contributed by atoms with Gasteiger partial charge in [-0.05, 0) is 58.8 Å². The minimum atomic E-state index is -0.140. The molecule has 0 aliphatic rings. The van der Waals surface area contributed by atoms with Crippen LogP contribution in [0.15, 0.2) is 54.7 Å². The molecular formula is C21H18ClN7O. The third-order valence-corrected chi connectivity index (χ3v) is 4.78. The molecule has 150 valence electrons. The van der Waals surface area contributed by atoms with Gasteiger partial charge in [-0.1, -0.05) is 29.8 Å². The summed E-state index contributed by atoms with van der Waals surface area (Å²) >= 11 is 6.17. The first kappa shape index (κ1) is 19.5. The number of nitrogens with two attached hydrogens (primary N) is 1. The van der Waals surface area contributed by atoms with Crippen molar-refractivity contribution < 1.29 is 4.79 Å². The lowest BCUT2D eigenvalue weighted by atomic mass is 10.0. The van der Waals surface area contributed by atoms with E-state index in [-0.39, 0.29) is 5.91 Å². The zero-order valence-corrected chi connectivity index (χ0v) is 17.1. The molecule has 2 heterocycles. The summed E-state index contributed by atoms with van der Waals surface area (Å²) in [5, 5.41) is 15.5. The predicted octanol–water partition coefficient (Wildman–Crippen LogP) is 3.89. The monoisotopic (exact) mass is 419 g/mol. The first-order valence-corrected chi connectivity index (χ1v) is 9.49. The predicted molar refractivity (Wildman–Crippen MR) is 116 cm³/mol. The second-order valence-corrected chi connectivity index (χ2v) is 7.20. The van der Waals surface area contributed by atoms with E-state index in [1.807, 2.05) is 49.4 Å². The second-order valence-electron chi connectivity index (χ2n) is 6.76. The van der Waals surface area contributed by atoms with Gasteiger partial charge in [0.2, 0.25) is 5.91 Å². The molecular weight excluding hydrogens is 402 g/mol. The summed E-state index contributed by atoms with van der Waals surface area (Å²) in [4.78, 5) is 15.7. The van der Waals surface area contributed by atoms with E-state index in [0.29, 0.717) is 27.9 Å². The van der Waals surface area contributed by atoms with Gasteiger partial charge in [-0.15, -0.1) is 5.10 Å². The van der Waals surface area contributed by atoms with Crippen molar-refractivity contribution in [3.63, 3.8) is 0 Å². The quantitative estimate of drug-likeness (QED) is 0.519. The van der Waals surface area contributed by atoms with E-state index < -0.39 is 0 Å². The van der Waals surface area contributed by atoms with E-state index in [4.69, 9.17) is 17.3 Å². The molecule has 0 unspecified atom stereocenters. The highest BCUT2D eigenvalue weighted by atomic mass is 35.5. The Bertz CT molecular complexity index is 1250. The van der Waals surface area contributed by atoms with Crippen molar-refractivity contribution in [1.29, 1.82) is 0 Å². The number of pyridine rings is 1. The highest BCUT2D eigenvalue weighted by Gasteiger charge is 2.17.